The van der Waals surface area contributed by atoms with Crippen LogP contribution in [0.4, 0.5) is 0 Å². The first kappa shape index (κ1) is 35.4. The Bertz CT molecular complexity index is 238. The maximum atomic E-state index is 8.43. The van der Waals surface area contributed by atoms with Crippen molar-refractivity contribution in [2.24, 2.45) is 5.41 Å². The Morgan fingerprint density at radius 3 is 1.30 bits per heavy atom. The molecule has 0 aromatic rings. The van der Waals surface area contributed by atoms with E-state index < -0.39 is 15.3 Å². The SMILES string of the molecule is CCCC(C)(C)C.CCC[S+](C)C.CCC[Si](C)(C)C.C[P+](C)(C)CCO. The summed E-state index contributed by atoms with van der Waals surface area (Å²) in [6, 6.07) is 1.48. The van der Waals surface area contributed by atoms with Crippen LogP contribution in [0.25, 0.3) is 0 Å². The van der Waals surface area contributed by atoms with E-state index in [9.17, 15) is 0 Å². The number of aliphatic hydroxyl groups is 1. The van der Waals surface area contributed by atoms with Crippen molar-refractivity contribution in [1.29, 1.82) is 0 Å². The first-order valence-electron chi connectivity index (χ1n) is 10.9. The number of hydrogen-bond acceptors (Lipinski definition) is 1. The zero-order valence-electron chi connectivity index (χ0n) is 22.0. The van der Waals surface area contributed by atoms with Crippen molar-refractivity contribution in [2.75, 3.05) is 51.0 Å². The molecule has 0 aromatic carbocycles. The summed E-state index contributed by atoms with van der Waals surface area (Å²) in [6.45, 7) is 27.8. The standard InChI is InChI=1S/C7H16.C6H16Si.C5H14OP.C5H13S/c2*1-5-6-7(2,3)4;1-7(2,3)5-4-6;1-4-5-6(2)3/h2*5-6H2,1-4H3;6H,4-5H2,1-3H3;4-5H2,1-3H3/q;;2*+1. The zero-order chi connectivity index (χ0) is 22.7. The van der Waals surface area contributed by atoms with Crippen LogP contribution in [-0.2, 0) is 10.9 Å². The quantitative estimate of drug-likeness (QED) is 0.243. The van der Waals surface area contributed by atoms with Gasteiger partial charge < -0.3 is 5.11 Å². The zero-order valence-corrected chi connectivity index (χ0v) is 24.7. The lowest BCUT2D eigenvalue weighted by Crippen LogP contribution is -2.17. The van der Waals surface area contributed by atoms with Gasteiger partial charge in [0.2, 0.25) is 0 Å². The third-order valence-corrected chi connectivity index (χ3v) is 8.15. The fourth-order valence-electron chi connectivity index (χ4n) is 2.21. The Hall–Kier alpha value is 0.957. The van der Waals surface area contributed by atoms with E-state index in [0.29, 0.717) is 22.9 Å². The molecule has 4 heteroatoms. The largest absolute Gasteiger partial charge is 0.393 e. The Morgan fingerprint density at radius 2 is 1.30 bits per heavy atom. The van der Waals surface area contributed by atoms with Gasteiger partial charge in [-0.3, -0.25) is 0 Å². The van der Waals surface area contributed by atoms with Crippen molar-refractivity contribution in [2.45, 2.75) is 92.9 Å². The first-order chi connectivity index (χ1) is 12.0. The molecule has 170 valence electrons. The molecule has 0 fully saturated rings. The van der Waals surface area contributed by atoms with Crippen LogP contribution in [0.5, 0.6) is 0 Å². The van der Waals surface area contributed by atoms with Crippen molar-refractivity contribution >= 4 is 26.2 Å². The summed E-state index contributed by atoms with van der Waals surface area (Å²) in [7, 11) is -0.639. The molecule has 1 nitrogen and oxygen atoms in total. The molecule has 0 heterocycles. The third kappa shape index (κ3) is 65.9. The molecule has 0 aliphatic rings. The topological polar surface area (TPSA) is 20.2 Å². The highest BCUT2D eigenvalue weighted by Gasteiger charge is 2.14. The van der Waals surface area contributed by atoms with E-state index in [-0.39, 0.29) is 0 Å². The van der Waals surface area contributed by atoms with Crippen LogP contribution in [0.2, 0.25) is 25.7 Å². The Kier molecular flexibility index (Phi) is 26.5. The average Bonchev–Trinajstić information content (AvgIpc) is 2.36. The summed E-state index contributed by atoms with van der Waals surface area (Å²) < 4.78 is 0. The molecule has 0 bridgehead atoms. The number of rotatable bonds is 7. The lowest BCUT2D eigenvalue weighted by Gasteiger charge is -2.15. The number of hydrogen-bond donors (Lipinski definition) is 1. The van der Waals surface area contributed by atoms with E-state index in [4.69, 9.17) is 5.11 Å². The third-order valence-electron chi connectivity index (χ3n) is 3.38. The second-order valence-corrected chi connectivity index (χ2v) is 24.1. The Labute approximate surface area is 180 Å². The first-order valence-corrected chi connectivity index (χ1v) is 20.1. The minimum atomic E-state index is -0.666. The van der Waals surface area contributed by atoms with E-state index in [1.165, 1.54) is 37.5 Å². The molecule has 0 saturated heterocycles. The minimum absolute atomic E-state index is 0.358. The molecule has 0 atom stereocenters. The lowest BCUT2D eigenvalue weighted by molar-refractivity contribution is 0.321. The van der Waals surface area contributed by atoms with Crippen LogP contribution in [0.15, 0.2) is 0 Å². The lowest BCUT2D eigenvalue weighted by atomic mass is 9.91. The number of aliphatic hydroxyl groups excluding tert-OH is 1. The highest BCUT2D eigenvalue weighted by atomic mass is 32.2. The highest BCUT2D eigenvalue weighted by molar-refractivity contribution is 7.95. The molecule has 0 unspecified atom stereocenters. The second-order valence-electron chi connectivity index (χ2n) is 11.0. The molecule has 1 N–H and O–H groups in total. The van der Waals surface area contributed by atoms with Crippen LogP contribution in [0.1, 0.15) is 67.2 Å². The fourth-order valence-corrected chi connectivity index (χ4v) is 5.12. The van der Waals surface area contributed by atoms with Gasteiger partial charge in [0, 0.05) is 35.3 Å². The van der Waals surface area contributed by atoms with Gasteiger partial charge in [0.15, 0.2) is 0 Å². The molecule has 0 saturated carbocycles. The summed E-state index contributed by atoms with van der Waals surface area (Å²) in [6.07, 6.45) is 10.9. The van der Waals surface area contributed by atoms with Gasteiger partial charge in [-0.1, -0.05) is 80.1 Å². The van der Waals surface area contributed by atoms with Crippen molar-refractivity contribution in [1.82, 2.24) is 0 Å². The predicted molar refractivity (Wildman–Crippen MR) is 144 cm³/mol. The van der Waals surface area contributed by atoms with Gasteiger partial charge in [-0.15, -0.1) is 0 Å². The Balaban J connectivity index is -0.000000131. The normalized spacial score (nSPS) is 11.6. The molecule has 27 heavy (non-hydrogen) atoms. The minimum Gasteiger partial charge on any atom is -0.393 e. The smallest absolute Gasteiger partial charge is 0.107 e. The molecule has 0 aliphatic heterocycles. The maximum Gasteiger partial charge on any atom is 0.107 e. The monoisotopic (exact) mass is 442 g/mol. The van der Waals surface area contributed by atoms with Gasteiger partial charge in [-0.05, 0) is 29.2 Å². The van der Waals surface area contributed by atoms with E-state index in [2.05, 4.69) is 93.7 Å². The van der Waals surface area contributed by atoms with Crippen LogP contribution < -0.4 is 0 Å². The van der Waals surface area contributed by atoms with Crippen LogP contribution in [-0.4, -0.2) is 64.2 Å². The van der Waals surface area contributed by atoms with Crippen molar-refractivity contribution < 1.29 is 5.11 Å². The molecule has 0 aromatic heterocycles. The summed E-state index contributed by atoms with van der Waals surface area (Å²) in [5.74, 6) is 1.40. The highest BCUT2D eigenvalue weighted by Crippen LogP contribution is 2.45. The van der Waals surface area contributed by atoms with Crippen molar-refractivity contribution in [3.8, 4) is 0 Å². The van der Waals surface area contributed by atoms with E-state index in [1.54, 1.807) is 0 Å². The van der Waals surface area contributed by atoms with E-state index in [0.717, 1.165) is 6.16 Å². The van der Waals surface area contributed by atoms with Gasteiger partial charge in [-0.25, -0.2) is 0 Å². The predicted octanol–water partition coefficient (Wildman–Crippen LogP) is 7.73. The van der Waals surface area contributed by atoms with Crippen LogP contribution in [0.3, 0.4) is 0 Å². The molecule has 0 radical (unpaired) electrons. The van der Waals surface area contributed by atoms with Crippen LogP contribution in [0, 0.1) is 5.41 Å². The van der Waals surface area contributed by atoms with Crippen LogP contribution >= 0.6 is 7.26 Å². The molecular formula is C23H59OPSSi+2. The molecule has 0 amide bonds. The average molecular weight is 443 g/mol. The molecule has 0 aliphatic carbocycles. The molecular weight excluding hydrogens is 383 g/mol. The molecule has 0 rings (SSSR count). The van der Waals surface area contributed by atoms with Crippen molar-refractivity contribution in [3.63, 3.8) is 0 Å². The van der Waals surface area contributed by atoms with Gasteiger partial charge >= 0.3 is 0 Å². The molecule has 0 spiro atoms. The maximum absolute atomic E-state index is 8.43. The summed E-state index contributed by atoms with van der Waals surface area (Å²) in [5, 5.41) is 8.43. The van der Waals surface area contributed by atoms with Gasteiger partial charge in [-0.2, -0.15) is 0 Å². The second kappa shape index (κ2) is 20.2. The summed E-state index contributed by atoms with van der Waals surface area (Å²) in [4.78, 5) is 0. The fraction of sp³-hybridized carbons (Fsp3) is 1.00. The van der Waals surface area contributed by atoms with Gasteiger partial charge in [0.05, 0.1) is 25.3 Å². The van der Waals surface area contributed by atoms with E-state index >= 15 is 0 Å². The Morgan fingerprint density at radius 1 is 0.852 bits per heavy atom. The van der Waals surface area contributed by atoms with Crippen molar-refractivity contribution in [3.05, 3.63) is 0 Å². The summed E-state index contributed by atoms with van der Waals surface area (Å²) in [5.41, 5.74) is 0.550. The van der Waals surface area contributed by atoms with Gasteiger partial charge in [0.25, 0.3) is 0 Å². The summed E-state index contributed by atoms with van der Waals surface area (Å²) >= 11 is 0. The van der Waals surface area contributed by atoms with Gasteiger partial charge in [0.1, 0.15) is 5.75 Å². The van der Waals surface area contributed by atoms with E-state index in [1.807, 2.05) is 0 Å².